The van der Waals surface area contributed by atoms with Gasteiger partial charge >= 0.3 is 0 Å². The van der Waals surface area contributed by atoms with E-state index in [-0.39, 0.29) is 23.9 Å². The number of hydrogen-bond donors (Lipinski definition) is 1. The van der Waals surface area contributed by atoms with E-state index in [4.69, 9.17) is 27.9 Å². The Bertz CT molecular complexity index is 489. The van der Waals surface area contributed by atoms with Crippen LogP contribution >= 0.6 is 23.2 Å². The highest BCUT2D eigenvalue weighted by molar-refractivity contribution is 6.30. The topological polar surface area (TPSA) is 49.8 Å². The summed E-state index contributed by atoms with van der Waals surface area (Å²) in [5.41, 5.74) is 0.872. The van der Waals surface area contributed by atoms with Crippen LogP contribution in [0.3, 0.4) is 0 Å². The summed E-state index contributed by atoms with van der Waals surface area (Å²) in [7, 11) is 1.57. The molecule has 1 fully saturated rings. The standard InChI is InChI=1S/C14H17Cl2NO3/c1-20-13-4-10(16)3-2-9(13)8-17(14(19)7-15)11-5-12(18)6-11/h2-4,11-12,18H,5-8H2,1H3. The number of rotatable bonds is 5. The molecule has 0 bridgehead atoms. The average molecular weight is 318 g/mol. The molecular weight excluding hydrogens is 301 g/mol. The van der Waals surface area contributed by atoms with Gasteiger partial charge in [-0.1, -0.05) is 17.7 Å². The molecule has 0 heterocycles. The molecule has 0 atom stereocenters. The van der Waals surface area contributed by atoms with Gasteiger partial charge in [-0.25, -0.2) is 0 Å². The maximum absolute atomic E-state index is 12.0. The Morgan fingerprint density at radius 1 is 1.50 bits per heavy atom. The highest BCUT2D eigenvalue weighted by Gasteiger charge is 2.34. The van der Waals surface area contributed by atoms with Gasteiger partial charge in [-0.15, -0.1) is 11.6 Å². The van der Waals surface area contributed by atoms with Crippen molar-refractivity contribution in [1.82, 2.24) is 4.90 Å². The summed E-state index contributed by atoms with van der Waals surface area (Å²) >= 11 is 11.6. The molecule has 1 aliphatic rings. The first-order chi connectivity index (χ1) is 9.55. The molecule has 0 saturated heterocycles. The fourth-order valence-electron chi connectivity index (χ4n) is 2.34. The van der Waals surface area contributed by atoms with Gasteiger partial charge in [0.25, 0.3) is 0 Å². The van der Waals surface area contributed by atoms with E-state index in [0.29, 0.717) is 30.2 Å². The van der Waals surface area contributed by atoms with Gasteiger partial charge in [0.05, 0.1) is 13.2 Å². The van der Waals surface area contributed by atoms with Crippen LogP contribution in [0.25, 0.3) is 0 Å². The highest BCUT2D eigenvalue weighted by Crippen LogP contribution is 2.30. The van der Waals surface area contributed by atoms with Crippen molar-refractivity contribution < 1.29 is 14.6 Å². The van der Waals surface area contributed by atoms with Crippen molar-refractivity contribution in [2.24, 2.45) is 0 Å². The first-order valence-electron chi connectivity index (χ1n) is 6.41. The quantitative estimate of drug-likeness (QED) is 0.849. The van der Waals surface area contributed by atoms with Crippen molar-refractivity contribution in [3.63, 3.8) is 0 Å². The Morgan fingerprint density at radius 2 is 2.20 bits per heavy atom. The molecule has 4 nitrogen and oxygen atoms in total. The number of halogens is 2. The molecule has 1 amide bonds. The Labute approximate surface area is 128 Å². The Hall–Kier alpha value is -0.970. The largest absolute Gasteiger partial charge is 0.496 e. The third kappa shape index (κ3) is 3.37. The van der Waals surface area contributed by atoms with Crippen molar-refractivity contribution in [3.05, 3.63) is 28.8 Å². The van der Waals surface area contributed by atoms with Gasteiger partial charge in [-0.2, -0.15) is 0 Å². The molecule has 20 heavy (non-hydrogen) atoms. The van der Waals surface area contributed by atoms with E-state index >= 15 is 0 Å². The summed E-state index contributed by atoms with van der Waals surface area (Å²) < 4.78 is 5.29. The van der Waals surface area contributed by atoms with Crippen molar-refractivity contribution in [3.8, 4) is 5.75 Å². The molecule has 0 aliphatic heterocycles. The molecule has 110 valence electrons. The van der Waals surface area contributed by atoms with E-state index < -0.39 is 0 Å². The molecule has 0 radical (unpaired) electrons. The summed E-state index contributed by atoms with van der Waals surface area (Å²) in [4.78, 5) is 13.7. The maximum Gasteiger partial charge on any atom is 0.238 e. The molecule has 1 aliphatic carbocycles. The molecule has 1 aromatic carbocycles. The smallest absolute Gasteiger partial charge is 0.238 e. The van der Waals surface area contributed by atoms with Crippen LogP contribution < -0.4 is 4.74 Å². The number of aliphatic hydroxyl groups is 1. The second-order valence-electron chi connectivity index (χ2n) is 4.89. The van der Waals surface area contributed by atoms with Gasteiger partial charge in [0, 0.05) is 23.2 Å². The van der Waals surface area contributed by atoms with Gasteiger partial charge in [0.1, 0.15) is 11.6 Å². The van der Waals surface area contributed by atoms with Crippen LogP contribution in [0.2, 0.25) is 5.02 Å². The average Bonchev–Trinajstić information content (AvgIpc) is 2.42. The first kappa shape index (κ1) is 15.4. The van der Waals surface area contributed by atoms with Crippen LogP contribution in [0.1, 0.15) is 18.4 Å². The lowest BCUT2D eigenvalue weighted by molar-refractivity contribution is -0.136. The second kappa shape index (κ2) is 6.66. The summed E-state index contributed by atoms with van der Waals surface area (Å²) in [6.45, 7) is 0.406. The van der Waals surface area contributed by atoms with Crippen LogP contribution in [0.15, 0.2) is 18.2 Å². The maximum atomic E-state index is 12.0. The van der Waals surface area contributed by atoms with E-state index in [1.807, 2.05) is 6.07 Å². The normalized spacial score (nSPS) is 21.2. The molecule has 1 saturated carbocycles. The number of carbonyl (C=O) groups is 1. The number of benzene rings is 1. The molecule has 0 unspecified atom stereocenters. The lowest BCUT2D eigenvalue weighted by Crippen LogP contribution is -2.49. The van der Waals surface area contributed by atoms with Crippen LogP contribution in [-0.4, -0.2) is 41.0 Å². The molecule has 2 rings (SSSR count). The molecule has 6 heteroatoms. The second-order valence-corrected chi connectivity index (χ2v) is 5.59. The van der Waals surface area contributed by atoms with E-state index in [2.05, 4.69) is 0 Å². The van der Waals surface area contributed by atoms with Crippen molar-refractivity contribution in [2.45, 2.75) is 31.5 Å². The van der Waals surface area contributed by atoms with Gasteiger partial charge in [0.15, 0.2) is 0 Å². The predicted molar refractivity (Wildman–Crippen MR) is 78.3 cm³/mol. The van der Waals surface area contributed by atoms with Gasteiger partial charge in [0.2, 0.25) is 5.91 Å². The van der Waals surface area contributed by atoms with Crippen LogP contribution in [-0.2, 0) is 11.3 Å². The van der Waals surface area contributed by atoms with E-state index in [0.717, 1.165) is 5.56 Å². The molecule has 1 N–H and O–H groups in total. The number of amides is 1. The fourth-order valence-corrected chi connectivity index (χ4v) is 2.66. The lowest BCUT2D eigenvalue weighted by Gasteiger charge is -2.40. The number of hydrogen-bond acceptors (Lipinski definition) is 3. The highest BCUT2D eigenvalue weighted by atomic mass is 35.5. The predicted octanol–water partition coefficient (Wildman–Crippen LogP) is 2.44. The van der Waals surface area contributed by atoms with Gasteiger partial charge in [-0.05, 0) is 25.0 Å². The molecule has 1 aromatic rings. The Kier molecular flexibility index (Phi) is 5.13. The van der Waals surface area contributed by atoms with Gasteiger partial charge < -0.3 is 14.7 Å². The SMILES string of the molecule is COc1cc(Cl)ccc1CN(C(=O)CCl)C1CC(O)C1. The first-order valence-corrected chi connectivity index (χ1v) is 7.32. The lowest BCUT2D eigenvalue weighted by atomic mass is 9.87. The van der Waals surface area contributed by atoms with E-state index in [9.17, 15) is 9.90 Å². The molecular formula is C14H17Cl2NO3. The fraction of sp³-hybridized carbons (Fsp3) is 0.500. The van der Waals surface area contributed by atoms with Crippen molar-refractivity contribution in [2.75, 3.05) is 13.0 Å². The summed E-state index contributed by atoms with van der Waals surface area (Å²) in [6.07, 6.45) is 0.870. The van der Waals surface area contributed by atoms with Crippen LogP contribution in [0.4, 0.5) is 0 Å². The van der Waals surface area contributed by atoms with Crippen LogP contribution in [0.5, 0.6) is 5.75 Å². The third-order valence-electron chi connectivity index (χ3n) is 3.55. The van der Waals surface area contributed by atoms with Crippen LogP contribution in [0, 0.1) is 0 Å². The minimum atomic E-state index is -0.322. The Balaban J connectivity index is 2.17. The summed E-state index contributed by atoms with van der Waals surface area (Å²) in [5, 5.41) is 10.00. The zero-order chi connectivity index (χ0) is 14.7. The van der Waals surface area contributed by atoms with E-state index in [1.54, 1.807) is 24.1 Å². The number of methoxy groups -OCH3 is 1. The van der Waals surface area contributed by atoms with E-state index in [1.165, 1.54) is 0 Å². The Morgan fingerprint density at radius 3 is 2.75 bits per heavy atom. The molecule has 0 aromatic heterocycles. The zero-order valence-corrected chi connectivity index (χ0v) is 12.7. The molecule has 0 spiro atoms. The minimum Gasteiger partial charge on any atom is -0.496 e. The summed E-state index contributed by atoms with van der Waals surface area (Å²) in [5.74, 6) is 0.438. The zero-order valence-electron chi connectivity index (χ0n) is 11.2. The van der Waals surface area contributed by atoms with Gasteiger partial charge in [-0.3, -0.25) is 4.79 Å². The third-order valence-corrected chi connectivity index (χ3v) is 4.02. The monoisotopic (exact) mass is 317 g/mol. The minimum absolute atomic E-state index is 0.0386. The summed E-state index contributed by atoms with van der Waals surface area (Å²) in [6, 6.07) is 5.36. The van der Waals surface area contributed by atoms with Crippen molar-refractivity contribution in [1.29, 1.82) is 0 Å². The number of alkyl halides is 1. The number of nitrogens with zero attached hydrogens (tertiary/aromatic N) is 1. The number of carbonyl (C=O) groups excluding carboxylic acids is 1. The van der Waals surface area contributed by atoms with Crippen molar-refractivity contribution >= 4 is 29.1 Å². The number of ether oxygens (including phenoxy) is 1. The number of aliphatic hydroxyl groups excluding tert-OH is 1.